The molecule has 0 aromatic carbocycles. The molecule has 4 heterocycles. The molecule has 136 valence electrons. The van der Waals surface area contributed by atoms with E-state index in [9.17, 15) is 4.79 Å². The van der Waals surface area contributed by atoms with Gasteiger partial charge in [-0.1, -0.05) is 11.2 Å². The summed E-state index contributed by atoms with van der Waals surface area (Å²) in [6.07, 6.45) is 5.38. The molecule has 3 aromatic rings. The van der Waals surface area contributed by atoms with E-state index in [4.69, 9.17) is 4.52 Å². The number of carbonyl (C=O) groups is 1. The summed E-state index contributed by atoms with van der Waals surface area (Å²) in [5.41, 5.74) is 2.64. The molecule has 0 spiro atoms. The summed E-state index contributed by atoms with van der Waals surface area (Å²) in [5.74, 6) is 0.0858. The van der Waals surface area contributed by atoms with Crippen LogP contribution in [0.2, 0.25) is 0 Å². The summed E-state index contributed by atoms with van der Waals surface area (Å²) >= 11 is 1.79. The molecule has 5 nitrogen and oxygen atoms in total. The zero-order chi connectivity index (χ0) is 18.1. The number of aryl methyl sites for hydroxylation is 3. The summed E-state index contributed by atoms with van der Waals surface area (Å²) in [4.78, 5) is 21.3. The van der Waals surface area contributed by atoms with Crippen molar-refractivity contribution in [1.29, 1.82) is 0 Å². The third-order valence-electron chi connectivity index (χ3n) is 5.17. The van der Waals surface area contributed by atoms with E-state index in [1.165, 1.54) is 11.3 Å². The Morgan fingerprint density at radius 3 is 3.08 bits per heavy atom. The highest BCUT2D eigenvalue weighted by Crippen LogP contribution is 2.28. The number of carbonyl (C=O) groups excluding carboxylic acids is 1. The van der Waals surface area contributed by atoms with Crippen LogP contribution in [0.4, 0.5) is 0 Å². The second-order valence-corrected chi connectivity index (χ2v) is 8.06. The van der Waals surface area contributed by atoms with Crippen LogP contribution in [-0.2, 0) is 6.42 Å². The predicted octanol–water partition coefficient (Wildman–Crippen LogP) is 4.53. The molecule has 0 radical (unpaired) electrons. The molecule has 3 aromatic heterocycles. The number of amides is 1. The Labute approximate surface area is 157 Å². The third-order valence-corrected chi connectivity index (χ3v) is 6.10. The topological polar surface area (TPSA) is 59.2 Å². The smallest absolute Gasteiger partial charge is 0.258 e. The highest BCUT2D eigenvalue weighted by molar-refractivity contribution is 7.09. The van der Waals surface area contributed by atoms with Crippen LogP contribution in [-0.4, -0.2) is 33.5 Å². The van der Waals surface area contributed by atoms with Crippen LogP contribution in [0.25, 0.3) is 11.1 Å². The quantitative estimate of drug-likeness (QED) is 0.678. The molecular weight excluding hydrogens is 346 g/mol. The molecule has 1 atom stereocenters. The van der Waals surface area contributed by atoms with E-state index in [-0.39, 0.29) is 5.91 Å². The Kier molecular flexibility index (Phi) is 4.76. The van der Waals surface area contributed by atoms with Gasteiger partial charge < -0.3 is 9.42 Å². The maximum absolute atomic E-state index is 13.4. The van der Waals surface area contributed by atoms with Gasteiger partial charge in [-0.25, -0.2) is 4.98 Å². The standard InChI is InChI=1S/C20H23N3O2S/c1-13-12-17(18-14(2)22-25-19(18)21-13)20(24)23-10-4-3-6-15(23)8-9-16-7-5-11-26-16/h5,7,11-12,15H,3-4,6,8-10H2,1-2H3/t15-/m1/s1. The van der Waals surface area contributed by atoms with Gasteiger partial charge in [0, 0.05) is 23.2 Å². The van der Waals surface area contributed by atoms with Crippen molar-refractivity contribution in [2.24, 2.45) is 0 Å². The first-order valence-electron chi connectivity index (χ1n) is 9.20. The number of fused-ring (bicyclic) bond motifs is 1. The van der Waals surface area contributed by atoms with Crippen LogP contribution >= 0.6 is 11.3 Å². The van der Waals surface area contributed by atoms with Crippen molar-refractivity contribution in [3.8, 4) is 0 Å². The Morgan fingerprint density at radius 2 is 2.27 bits per heavy atom. The van der Waals surface area contributed by atoms with Gasteiger partial charge in [-0.2, -0.15) is 0 Å². The van der Waals surface area contributed by atoms with Gasteiger partial charge in [0.2, 0.25) is 0 Å². The highest BCUT2D eigenvalue weighted by atomic mass is 32.1. The molecule has 1 aliphatic rings. The average Bonchev–Trinajstić information content (AvgIpc) is 3.29. The minimum absolute atomic E-state index is 0.0858. The minimum atomic E-state index is 0.0858. The second-order valence-electron chi connectivity index (χ2n) is 7.03. The number of likely N-dealkylation sites (tertiary alicyclic amines) is 1. The summed E-state index contributed by atoms with van der Waals surface area (Å²) < 4.78 is 5.30. The molecule has 6 heteroatoms. The number of nitrogens with zero attached hydrogens (tertiary/aromatic N) is 3. The van der Waals surface area contributed by atoms with Crippen molar-refractivity contribution in [1.82, 2.24) is 15.0 Å². The van der Waals surface area contributed by atoms with Gasteiger partial charge in [-0.3, -0.25) is 4.79 Å². The summed E-state index contributed by atoms with van der Waals surface area (Å²) in [6, 6.07) is 6.44. The largest absolute Gasteiger partial charge is 0.336 e. The van der Waals surface area contributed by atoms with Gasteiger partial charge in [0.25, 0.3) is 11.6 Å². The lowest BCUT2D eigenvalue weighted by molar-refractivity contribution is 0.0604. The van der Waals surface area contributed by atoms with E-state index in [1.54, 1.807) is 11.3 Å². The maximum atomic E-state index is 13.4. The molecule has 0 bridgehead atoms. The molecule has 0 N–H and O–H groups in total. The molecular formula is C20H23N3O2S. The van der Waals surface area contributed by atoms with Crippen LogP contribution in [0.1, 0.15) is 52.3 Å². The number of pyridine rings is 1. The second kappa shape index (κ2) is 7.19. The molecule has 1 saturated heterocycles. The lowest BCUT2D eigenvalue weighted by Crippen LogP contribution is -2.44. The number of hydrogen-bond acceptors (Lipinski definition) is 5. The van der Waals surface area contributed by atoms with Gasteiger partial charge in [0.15, 0.2) is 0 Å². The SMILES string of the molecule is Cc1cc(C(=O)N2CCCC[C@@H]2CCc2cccs2)c2c(C)noc2n1. The molecule has 1 fully saturated rings. The molecule has 0 saturated carbocycles. The normalized spacial score (nSPS) is 17.8. The first kappa shape index (κ1) is 17.2. The monoisotopic (exact) mass is 369 g/mol. The number of piperidine rings is 1. The van der Waals surface area contributed by atoms with E-state index in [1.807, 2.05) is 19.9 Å². The van der Waals surface area contributed by atoms with Crippen LogP contribution in [0.5, 0.6) is 0 Å². The van der Waals surface area contributed by atoms with Crippen LogP contribution in [0.15, 0.2) is 28.1 Å². The van der Waals surface area contributed by atoms with Gasteiger partial charge >= 0.3 is 0 Å². The first-order chi connectivity index (χ1) is 12.6. The predicted molar refractivity (Wildman–Crippen MR) is 103 cm³/mol. The van der Waals surface area contributed by atoms with Gasteiger partial charge in [0.05, 0.1) is 16.6 Å². The van der Waals surface area contributed by atoms with Crippen LogP contribution in [0.3, 0.4) is 0 Å². The van der Waals surface area contributed by atoms with Crippen LogP contribution < -0.4 is 0 Å². The Hall–Kier alpha value is -2.21. The fourth-order valence-corrected chi connectivity index (χ4v) is 4.60. The zero-order valence-corrected chi connectivity index (χ0v) is 16.0. The average molecular weight is 369 g/mol. The number of thiophene rings is 1. The highest BCUT2D eigenvalue weighted by Gasteiger charge is 2.29. The van der Waals surface area contributed by atoms with Crippen molar-refractivity contribution in [2.45, 2.75) is 52.0 Å². The zero-order valence-electron chi connectivity index (χ0n) is 15.2. The fourth-order valence-electron chi connectivity index (χ4n) is 3.87. The van der Waals surface area contributed by atoms with Crippen molar-refractivity contribution in [2.75, 3.05) is 6.54 Å². The van der Waals surface area contributed by atoms with E-state index in [0.717, 1.165) is 49.0 Å². The van der Waals surface area contributed by atoms with Crippen molar-refractivity contribution < 1.29 is 9.32 Å². The Morgan fingerprint density at radius 1 is 1.38 bits per heavy atom. The maximum Gasteiger partial charge on any atom is 0.258 e. The van der Waals surface area contributed by atoms with E-state index in [0.29, 0.717) is 17.3 Å². The van der Waals surface area contributed by atoms with Gasteiger partial charge in [0.1, 0.15) is 0 Å². The number of aromatic nitrogens is 2. The van der Waals surface area contributed by atoms with E-state index < -0.39 is 0 Å². The summed E-state index contributed by atoms with van der Waals surface area (Å²) in [5, 5.41) is 6.88. The minimum Gasteiger partial charge on any atom is -0.336 e. The molecule has 26 heavy (non-hydrogen) atoms. The lowest BCUT2D eigenvalue weighted by Gasteiger charge is -2.36. The van der Waals surface area contributed by atoms with E-state index in [2.05, 4.69) is 32.6 Å². The van der Waals surface area contributed by atoms with Gasteiger partial charge in [-0.15, -0.1) is 11.3 Å². The van der Waals surface area contributed by atoms with Crippen molar-refractivity contribution in [3.63, 3.8) is 0 Å². The molecule has 4 rings (SSSR count). The molecule has 1 aliphatic heterocycles. The summed E-state index contributed by atoms with van der Waals surface area (Å²) in [7, 11) is 0. The van der Waals surface area contributed by atoms with Crippen LogP contribution in [0, 0.1) is 13.8 Å². The lowest BCUT2D eigenvalue weighted by atomic mass is 9.96. The number of rotatable bonds is 4. The number of hydrogen-bond donors (Lipinski definition) is 0. The Balaban J connectivity index is 1.62. The Bertz CT molecular complexity index is 917. The fraction of sp³-hybridized carbons (Fsp3) is 0.450. The molecule has 1 amide bonds. The van der Waals surface area contributed by atoms with Gasteiger partial charge in [-0.05, 0) is 63.5 Å². The first-order valence-corrected chi connectivity index (χ1v) is 10.1. The van der Waals surface area contributed by atoms with Crippen molar-refractivity contribution >= 4 is 28.3 Å². The summed E-state index contributed by atoms with van der Waals surface area (Å²) in [6.45, 7) is 4.57. The van der Waals surface area contributed by atoms with Crippen molar-refractivity contribution in [3.05, 3.63) is 45.4 Å². The molecule has 0 aliphatic carbocycles. The molecule has 0 unspecified atom stereocenters. The third kappa shape index (κ3) is 3.26. The van der Waals surface area contributed by atoms with E-state index >= 15 is 0 Å².